The van der Waals surface area contributed by atoms with Crippen molar-refractivity contribution in [1.29, 1.82) is 0 Å². The summed E-state index contributed by atoms with van der Waals surface area (Å²) in [6.07, 6.45) is 3.82. The van der Waals surface area contributed by atoms with E-state index in [0.717, 1.165) is 33.2 Å². The molecule has 0 aliphatic heterocycles. The normalized spacial score (nSPS) is 12.1. The summed E-state index contributed by atoms with van der Waals surface area (Å²) in [5.74, 6) is 0. The molecule has 0 saturated carbocycles. The van der Waals surface area contributed by atoms with Crippen LogP contribution in [0.25, 0.3) is 21.9 Å². The molecule has 3 aromatic heterocycles. The third-order valence-corrected chi connectivity index (χ3v) is 5.12. The summed E-state index contributed by atoms with van der Waals surface area (Å²) in [7, 11) is -3.67. The molecule has 0 bridgehead atoms. The number of sulfonamides is 1. The van der Waals surface area contributed by atoms with E-state index in [9.17, 15) is 8.42 Å². The molecule has 3 heterocycles. The number of pyridine rings is 2. The van der Waals surface area contributed by atoms with Gasteiger partial charge in [-0.2, -0.15) is 0 Å². The lowest BCUT2D eigenvalue weighted by molar-refractivity contribution is 0.597. The Morgan fingerprint density at radius 1 is 1.08 bits per heavy atom. The molecule has 0 aliphatic rings. The summed E-state index contributed by atoms with van der Waals surface area (Å²) >= 11 is 0. The van der Waals surface area contributed by atoms with Gasteiger partial charge >= 0.3 is 0 Å². The molecule has 2 N–H and O–H groups in total. The highest BCUT2D eigenvalue weighted by Gasteiger charge is 2.10. The zero-order chi connectivity index (χ0) is 17.6. The van der Waals surface area contributed by atoms with E-state index in [0.29, 0.717) is 6.54 Å². The number of nitrogens with zero attached hydrogens (tertiary/aromatic N) is 3. The van der Waals surface area contributed by atoms with E-state index in [2.05, 4.69) is 14.5 Å². The Bertz CT molecular complexity index is 1200. The minimum atomic E-state index is -3.67. The minimum Gasteiger partial charge on any atom is -0.342 e. The van der Waals surface area contributed by atoms with Gasteiger partial charge in [0, 0.05) is 35.4 Å². The summed E-state index contributed by atoms with van der Waals surface area (Å²) in [5, 5.41) is 7.18. The van der Waals surface area contributed by atoms with Gasteiger partial charge in [-0.1, -0.05) is 12.1 Å². The standard InChI is InChI=1S/C18H16N4O2S/c1-12-2-7-16-17-14(10-20-18(16)21-12)8-9-22(17)11-13-3-5-15(6-4-13)25(19,23)24/h2-10H,11H2,1H3,(H2,19,23,24). The maximum atomic E-state index is 11.4. The Morgan fingerprint density at radius 3 is 2.56 bits per heavy atom. The second-order valence-corrected chi connectivity index (χ2v) is 7.58. The number of benzene rings is 1. The van der Waals surface area contributed by atoms with Gasteiger partial charge in [-0.25, -0.2) is 23.5 Å². The van der Waals surface area contributed by atoms with Crippen LogP contribution in [0.2, 0.25) is 0 Å². The zero-order valence-corrected chi connectivity index (χ0v) is 14.4. The number of aryl methyl sites for hydroxylation is 1. The van der Waals surface area contributed by atoms with Crippen molar-refractivity contribution in [2.75, 3.05) is 0 Å². The van der Waals surface area contributed by atoms with Crippen molar-refractivity contribution in [3.05, 3.63) is 66.1 Å². The summed E-state index contributed by atoms with van der Waals surface area (Å²) in [5.41, 5.74) is 3.69. The molecule has 4 rings (SSSR count). The Labute approximate surface area is 145 Å². The lowest BCUT2D eigenvalue weighted by Crippen LogP contribution is -2.12. The van der Waals surface area contributed by atoms with Crippen LogP contribution in [0.4, 0.5) is 0 Å². The first-order valence-electron chi connectivity index (χ1n) is 7.75. The van der Waals surface area contributed by atoms with Crippen LogP contribution < -0.4 is 5.14 Å². The average molecular weight is 352 g/mol. The molecular formula is C18H16N4O2S. The van der Waals surface area contributed by atoms with E-state index < -0.39 is 10.0 Å². The Balaban J connectivity index is 1.79. The maximum absolute atomic E-state index is 11.4. The monoisotopic (exact) mass is 352 g/mol. The van der Waals surface area contributed by atoms with Gasteiger partial charge in [0.15, 0.2) is 5.65 Å². The maximum Gasteiger partial charge on any atom is 0.238 e. The van der Waals surface area contributed by atoms with Crippen molar-refractivity contribution < 1.29 is 8.42 Å². The molecule has 0 fully saturated rings. The van der Waals surface area contributed by atoms with Gasteiger partial charge in [0.05, 0.1) is 10.4 Å². The largest absolute Gasteiger partial charge is 0.342 e. The van der Waals surface area contributed by atoms with E-state index in [1.807, 2.05) is 37.5 Å². The van der Waals surface area contributed by atoms with Gasteiger partial charge in [0.25, 0.3) is 0 Å². The predicted octanol–water partition coefficient (Wildman–Crippen LogP) is 2.59. The molecule has 0 aliphatic carbocycles. The molecule has 126 valence electrons. The molecule has 0 saturated heterocycles. The van der Waals surface area contributed by atoms with E-state index in [-0.39, 0.29) is 4.90 Å². The van der Waals surface area contributed by atoms with Crippen molar-refractivity contribution in [1.82, 2.24) is 14.5 Å². The highest BCUT2D eigenvalue weighted by Crippen LogP contribution is 2.25. The van der Waals surface area contributed by atoms with Crippen LogP contribution in [0.1, 0.15) is 11.3 Å². The third-order valence-electron chi connectivity index (χ3n) is 4.19. The van der Waals surface area contributed by atoms with Crippen LogP contribution in [0.5, 0.6) is 0 Å². The number of aromatic nitrogens is 3. The zero-order valence-electron chi connectivity index (χ0n) is 13.5. The molecule has 7 heteroatoms. The van der Waals surface area contributed by atoms with Gasteiger partial charge in [-0.15, -0.1) is 0 Å². The quantitative estimate of drug-likeness (QED) is 0.613. The predicted molar refractivity (Wildman–Crippen MR) is 96.7 cm³/mol. The van der Waals surface area contributed by atoms with E-state index in [1.165, 1.54) is 12.1 Å². The molecule has 0 unspecified atom stereocenters. The van der Waals surface area contributed by atoms with Crippen molar-refractivity contribution in [3.63, 3.8) is 0 Å². The Morgan fingerprint density at radius 2 is 1.84 bits per heavy atom. The number of nitrogens with two attached hydrogens (primary N) is 1. The third kappa shape index (κ3) is 2.88. The van der Waals surface area contributed by atoms with Crippen LogP contribution >= 0.6 is 0 Å². The molecule has 4 aromatic rings. The molecule has 25 heavy (non-hydrogen) atoms. The average Bonchev–Trinajstić information content (AvgIpc) is 2.97. The first-order chi connectivity index (χ1) is 11.9. The summed E-state index contributed by atoms with van der Waals surface area (Å²) in [6, 6.07) is 12.6. The van der Waals surface area contributed by atoms with Crippen LogP contribution in [0.15, 0.2) is 59.8 Å². The van der Waals surface area contributed by atoms with Gasteiger partial charge in [-0.3, -0.25) is 0 Å². The fourth-order valence-electron chi connectivity index (χ4n) is 2.97. The summed E-state index contributed by atoms with van der Waals surface area (Å²) in [4.78, 5) is 9.03. The van der Waals surface area contributed by atoms with Gasteiger partial charge in [0.1, 0.15) is 0 Å². The number of rotatable bonds is 3. The van der Waals surface area contributed by atoms with E-state index in [1.54, 1.807) is 12.1 Å². The Hall–Kier alpha value is -2.77. The van der Waals surface area contributed by atoms with Crippen LogP contribution in [-0.4, -0.2) is 23.0 Å². The molecule has 0 atom stereocenters. The summed E-state index contributed by atoms with van der Waals surface area (Å²) < 4.78 is 24.9. The highest BCUT2D eigenvalue weighted by molar-refractivity contribution is 7.89. The molecule has 0 amide bonds. The van der Waals surface area contributed by atoms with Gasteiger partial charge < -0.3 is 4.57 Å². The Kier molecular flexibility index (Phi) is 3.55. The fraction of sp³-hybridized carbons (Fsp3) is 0.111. The smallest absolute Gasteiger partial charge is 0.238 e. The SMILES string of the molecule is Cc1ccc2c(ncc3ccn(Cc4ccc(S(N)(=O)=O)cc4)c32)n1. The van der Waals surface area contributed by atoms with Crippen LogP contribution in [-0.2, 0) is 16.6 Å². The topological polar surface area (TPSA) is 90.9 Å². The second-order valence-electron chi connectivity index (χ2n) is 6.02. The summed E-state index contributed by atoms with van der Waals surface area (Å²) in [6.45, 7) is 2.55. The minimum absolute atomic E-state index is 0.114. The van der Waals surface area contributed by atoms with Crippen molar-refractivity contribution in [2.45, 2.75) is 18.4 Å². The first-order valence-corrected chi connectivity index (χ1v) is 9.29. The number of fused-ring (bicyclic) bond motifs is 3. The number of primary sulfonamides is 1. The van der Waals surface area contributed by atoms with Crippen molar-refractivity contribution >= 4 is 32.0 Å². The number of hydrogen-bond donors (Lipinski definition) is 1. The molecule has 6 nitrogen and oxygen atoms in total. The van der Waals surface area contributed by atoms with E-state index in [4.69, 9.17) is 5.14 Å². The first kappa shape index (κ1) is 15.7. The number of hydrogen-bond acceptors (Lipinski definition) is 4. The van der Waals surface area contributed by atoms with Crippen molar-refractivity contribution in [2.24, 2.45) is 5.14 Å². The van der Waals surface area contributed by atoms with Gasteiger partial charge in [0.2, 0.25) is 10.0 Å². The molecule has 0 spiro atoms. The molecule has 1 aromatic carbocycles. The van der Waals surface area contributed by atoms with E-state index >= 15 is 0 Å². The second kappa shape index (κ2) is 5.65. The molecular weight excluding hydrogens is 336 g/mol. The van der Waals surface area contributed by atoms with Gasteiger partial charge in [-0.05, 0) is 42.8 Å². The highest BCUT2D eigenvalue weighted by atomic mass is 32.2. The molecule has 0 radical (unpaired) electrons. The lowest BCUT2D eigenvalue weighted by atomic mass is 10.2. The van der Waals surface area contributed by atoms with Crippen LogP contribution in [0, 0.1) is 6.92 Å². The van der Waals surface area contributed by atoms with Crippen LogP contribution in [0.3, 0.4) is 0 Å². The fourth-order valence-corrected chi connectivity index (χ4v) is 3.49. The lowest BCUT2D eigenvalue weighted by Gasteiger charge is -2.09. The van der Waals surface area contributed by atoms with Crippen molar-refractivity contribution in [3.8, 4) is 0 Å².